The van der Waals surface area contributed by atoms with E-state index in [9.17, 15) is 14.4 Å². The van der Waals surface area contributed by atoms with Crippen molar-refractivity contribution in [1.82, 2.24) is 4.90 Å². The second-order valence-electron chi connectivity index (χ2n) is 8.37. The number of imide groups is 1. The summed E-state index contributed by atoms with van der Waals surface area (Å²) < 4.78 is 5.43. The minimum atomic E-state index is -0.770. The van der Waals surface area contributed by atoms with Gasteiger partial charge in [0.05, 0.1) is 17.7 Å². The molecule has 1 aliphatic heterocycles. The van der Waals surface area contributed by atoms with Gasteiger partial charge in [0.15, 0.2) is 5.78 Å². The molecule has 0 saturated carbocycles. The number of amides is 2. The van der Waals surface area contributed by atoms with E-state index in [2.05, 4.69) is 6.07 Å². The Morgan fingerprint density at radius 2 is 1.74 bits per heavy atom. The van der Waals surface area contributed by atoms with E-state index < -0.39 is 29.6 Å². The topological polar surface area (TPSA) is 87.5 Å². The normalized spacial score (nSPS) is 16.6. The van der Waals surface area contributed by atoms with Crippen molar-refractivity contribution >= 4 is 17.8 Å². The summed E-state index contributed by atoms with van der Waals surface area (Å²) in [5, 5.41) is 9.10. The van der Waals surface area contributed by atoms with E-state index >= 15 is 0 Å². The number of hydrogen-bond acceptors (Lipinski definition) is 5. The van der Waals surface area contributed by atoms with Crippen molar-refractivity contribution < 1.29 is 19.1 Å². The Morgan fingerprint density at radius 3 is 2.32 bits per heavy atom. The lowest BCUT2D eigenvalue weighted by molar-refractivity contribution is -0.125. The number of benzene rings is 2. The molecule has 0 aromatic heterocycles. The fraction of sp³-hybridized carbons (Fsp3) is 0.280. The highest BCUT2D eigenvalue weighted by Gasteiger charge is 2.40. The van der Waals surface area contributed by atoms with Crippen molar-refractivity contribution in [3.63, 3.8) is 0 Å². The average Bonchev–Trinajstić information content (AvgIpc) is 3.12. The molecule has 31 heavy (non-hydrogen) atoms. The first kappa shape index (κ1) is 22.0. The number of ketones is 1. The molecule has 2 aromatic carbocycles. The molecule has 0 bridgehead atoms. The molecule has 6 heteroatoms. The number of carbonyl (C=O) groups is 3. The Kier molecular flexibility index (Phi) is 6.36. The first-order valence-corrected chi connectivity index (χ1v) is 10.0. The second-order valence-corrected chi connectivity index (χ2v) is 8.37. The maximum absolute atomic E-state index is 13.0. The molecule has 0 saturated heterocycles. The number of rotatable bonds is 5. The smallest absolute Gasteiger partial charge is 0.417 e. The SMILES string of the molecule is CC(C)(C)OC(=O)N1C(=O)C=C[C@H]1[C@H](CC(=O)c1ccccc1)c1ccc(C#N)cc1. The summed E-state index contributed by atoms with van der Waals surface area (Å²) in [5.41, 5.74) is 1.02. The minimum Gasteiger partial charge on any atom is -0.443 e. The molecule has 1 aliphatic rings. The average molecular weight is 416 g/mol. The molecule has 0 N–H and O–H groups in total. The Labute approximate surface area is 181 Å². The molecule has 0 spiro atoms. The zero-order chi connectivity index (χ0) is 22.6. The molecule has 0 fully saturated rings. The Hall–Kier alpha value is -3.72. The van der Waals surface area contributed by atoms with Crippen LogP contribution in [0.1, 0.15) is 54.6 Å². The van der Waals surface area contributed by atoms with Gasteiger partial charge in [0.1, 0.15) is 5.60 Å². The lowest BCUT2D eigenvalue weighted by atomic mass is 9.85. The van der Waals surface area contributed by atoms with Crippen LogP contribution in [0.5, 0.6) is 0 Å². The van der Waals surface area contributed by atoms with Crippen LogP contribution in [0.15, 0.2) is 66.7 Å². The summed E-state index contributed by atoms with van der Waals surface area (Å²) >= 11 is 0. The largest absolute Gasteiger partial charge is 0.443 e. The van der Waals surface area contributed by atoms with Gasteiger partial charge < -0.3 is 4.74 Å². The predicted molar refractivity (Wildman–Crippen MR) is 115 cm³/mol. The molecule has 2 aromatic rings. The molecular weight excluding hydrogens is 392 g/mol. The molecule has 3 rings (SSSR count). The molecule has 0 aliphatic carbocycles. The van der Waals surface area contributed by atoms with Gasteiger partial charge in [-0.1, -0.05) is 48.5 Å². The highest BCUT2D eigenvalue weighted by atomic mass is 16.6. The van der Waals surface area contributed by atoms with E-state index in [1.165, 1.54) is 6.08 Å². The summed E-state index contributed by atoms with van der Waals surface area (Å²) in [7, 11) is 0. The van der Waals surface area contributed by atoms with Crippen molar-refractivity contribution in [2.75, 3.05) is 0 Å². The lowest BCUT2D eigenvalue weighted by Crippen LogP contribution is -2.45. The van der Waals surface area contributed by atoms with Crippen molar-refractivity contribution in [3.05, 3.63) is 83.4 Å². The standard InChI is InChI=1S/C25H24N2O4/c1-25(2,3)31-24(30)27-21(13-14-23(27)29)20(18-11-9-17(16-26)10-12-18)15-22(28)19-7-5-4-6-8-19/h4-14,20-21H,15H2,1-3H3/t20-,21+/m1/s1. The van der Waals surface area contributed by atoms with Gasteiger partial charge in [-0.25, -0.2) is 9.69 Å². The van der Waals surface area contributed by atoms with Gasteiger partial charge in [-0.05, 0) is 38.5 Å². The number of carbonyl (C=O) groups excluding carboxylic acids is 3. The van der Waals surface area contributed by atoms with Crippen LogP contribution in [0, 0.1) is 11.3 Å². The van der Waals surface area contributed by atoms with Gasteiger partial charge in [-0.3, -0.25) is 9.59 Å². The summed E-state index contributed by atoms with van der Waals surface area (Å²) in [4.78, 5) is 39.4. The maximum Gasteiger partial charge on any atom is 0.417 e. The van der Waals surface area contributed by atoms with Gasteiger partial charge >= 0.3 is 6.09 Å². The van der Waals surface area contributed by atoms with E-state index in [1.807, 2.05) is 6.07 Å². The number of ether oxygens (including phenoxy) is 1. The first-order chi connectivity index (χ1) is 14.7. The van der Waals surface area contributed by atoms with Crippen LogP contribution in [-0.4, -0.2) is 34.3 Å². The van der Waals surface area contributed by atoms with E-state index in [0.717, 1.165) is 10.5 Å². The monoisotopic (exact) mass is 416 g/mol. The highest BCUT2D eigenvalue weighted by molar-refractivity contribution is 6.02. The van der Waals surface area contributed by atoms with E-state index in [-0.39, 0.29) is 12.2 Å². The Bertz CT molecular complexity index is 1040. The first-order valence-electron chi connectivity index (χ1n) is 10.0. The van der Waals surface area contributed by atoms with Crippen LogP contribution >= 0.6 is 0 Å². The second kappa shape index (κ2) is 8.97. The van der Waals surface area contributed by atoms with Crippen LogP contribution in [0.25, 0.3) is 0 Å². The maximum atomic E-state index is 13.0. The number of hydrogen-bond donors (Lipinski definition) is 0. The van der Waals surface area contributed by atoms with E-state index in [4.69, 9.17) is 10.00 Å². The minimum absolute atomic E-state index is 0.0809. The van der Waals surface area contributed by atoms with Crippen LogP contribution in [0.2, 0.25) is 0 Å². The predicted octanol–water partition coefficient (Wildman–Crippen LogP) is 4.62. The molecule has 2 amide bonds. The highest BCUT2D eigenvalue weighted by Crippen LogP contribution is 2.33. The molecule has 1 heterocycles. The van der Waals surface area contributed by atoms with Crippen LogP contribution in [0.3, 0.4) is 0 Å². The summed E-state index contributed by atoms with van der Waals surface area (Å²) in [6, 6.07) is 17.1. The number of Topliss-reactive ketones (excluding diaryl/α,β-unsaturated/α-hetero) is 1. The van der Waals surface area contributed by atoms with Crippen molar-refractivity contribution in [2.45, 2.75) is 44.8 Å². The molecule has 0 radical (unpaired) electrons. The molecule has 158 valence electrons. The van der Waals surface area contributed by atoms with Crippen LogP contribution < -0.4 is 0 Å². The lowest BCUT2D eigenvalue weighted by Gasteiger charge is -2.32. The summed E-state index contributed by atoms with van der Waals surface area (Å²) in [5.74, 6) is -1.08. The van der Waals surface area contributed by atoms with E-state index in [0.29, 0.717) is 11.1 Å². The van der Waals surface area contributed by atoms with Crippen LogP contribution in [0.4, 0.5) is 4.79 Å². The number of nitriles is 1. The van der Waals surface area contributed by atoms with Crippen molar-refractivity contribution in [2.24, 2.45) is 0 Å². The third kappa shape index (κ3) is 5.26. The van der Waals surface area contributed by atoms with Gasteiger partial charge in [0.2, 0.25) is 0 Å². The van der Waals surface area contributed by atoms with Crippen molar-refractivity contribution in [1.29, 1.82) is 5.26 Å². The zero-order valence-corrected chi connectivity index (χ0v) is 17.7. The fourth-order valence-electron chi connectivity index (χ4n) is 3.51. The third-order valence-electron chi connectivity index (χ3n) is 4.94. The van der Waals surface area contributed by atoms with Gasteiger partial charge in [0.25, 0.3) is 5.91 Å². The van der Waals surface area contributed by atoms with Gasteiger partial charge in [-0.2, -0.15) is 5.26 Å². The van der Waals surface area contributed by atoms with Crippen molar-refractivity contribution in [3.8, 4) is 6.07 Å². The van der Waals surface area contributed by atoms with Gasteiger partial charge in [0, 0.05) is 24.0 Å². The summed E-state index contributed by atoms with van der Waals surface area (Å²) in [6.07, 6.45) is 2.29. The van der Waals surface area contributed by atoms with Crippen LogP contribution in [-0.2, 0) is 9.53 Å². The zero-order valence-electron chi connectivity index (χ0n) is 17.7. The summed E-state index contributed by atoms with van der Waals surface area (Å²) in [6.45, 7) is 5.18. The Morgan fingerprint density at radius 1 is 1.10 bits per heavy atom. The van der Waals surface area contributed by atoms with E-state index in [1.54, 1.807) is 75.4 Å². The Balaban J connectivity index is 1.97. The third-order valence-corrected chi connectivity index (χ3v) is 4.94. The fourth-order valence-corrected chi connectivity index (χ4v) is 3.51. The molecule has 6 nitrogen and oxygen atoms in total. The quantitative estimate of drug-likeness (QED) is 0.664. The van der Waals surface area contributed by atoms with Gasteiger partial charge in [-0.15, -0.1) is 0 Å². The number of nitrogens with zero attached hydrogens (tertiary/aromatic N) is 2. The molecule has 0 unspecified atom stereocenters. The molecule has 2 atom stereocenters. The molecular formula is C25H24N2O4.